The van der Waals surface area contributed by atoms with Crippen molar-refractivity contribution >= 4 is 5.97 Å². The fourth-order valence-electron chi connectivity index (χ4n) is 1.12. The summed E-state index contributed by atoms with van der Waals surface area (Å²) in [5, 5.41) is 0. The van der Waals surface area contributed by atoms with Gasteiger partial charge in [0.1, 0.15) is 0 Å². The highest BCUT2D eigenvalue weighted by Crippen LogP contribution is 2.16. The van der Waals surface area contributed by atoms with Crippen molar-refractivity contribution in [2.24, 2.45) is 0 Å². The van der Waals surface area contributed by atoms with Crippen LogP contribution in [0.25, 0.3) is 0 Å². The number of rotatable bonds is 6. The summed E-state index contributed by atoms with van der Waals surface area (Å²) in [6.45, 7) is 6.04. The molecular formula is C11H16N2O4. The summed E-state index contributed by atoms with van der Waals surface area (Å²) in [4.78, 5) is 18.9. The molecule has 0 aliphatic rings. The second-order valence-corrected chi connectivity index (χ2v) is 3.11. The number of ether oxygens (including phenoxy) is 3. The number of hydrogen-bond donors (Lipinski definition) is 0. The van der Waals surface area contributed by atoms with E-state index in [9.17, 15) is 4.79 Å². The second kappa shape index (κ2) is 6.67. The Morgan fingerprint density at radius 3 is 2.12 bits per heavy atom. The van der Waals surface area contributed by atoms with Crippen LogP contribution in [0.1, 0.15) is 26.6 Å². The Hall–Kier alpha value is -1.85. The quantitative estimate of drug-likeness (QED) is 0.699. The largest absolute Gasteiger partial charge is 0.478 e. The van der Waals surface area contributed by atoms with Crippen molar-refractivity contribution in [2.75, 3.05) is 13.2 Å². The molecule has 0 amide bonds. The molecule has 1 aromatic heterocycles. The maximum absolute atomic E-state index is 10.7. The molecule has 0 atom stereocenters. The smallest absolute Gasteiger partial charge is 0.303 e. The summed E-state index contributed by atoms with van der Waals surface area (Å²) in [7, 11) is 0. The first-order chi connectivity index (χ1) is 8.15. The van der Waals surface area contributed by atoms with Crippen LogP contribution >= 0.6 is 0 Å². The number of hydrogen-bond acceptors (Lipinski definition) is 6. The Morgan fingerprint density at radius 2 is 1.71 bits per heavy atom. The number of esters is 1. The monoisotopic (exact) mass is 240 g/mol. The zero-order valence-electron chi connectivity index (χ0n) is 10.2. The van der Waals surface area contributed by atoms with E-state index < -0.39 is 0 Å². The van der Waals surface area contributed by atoms with Gasteiger partial charge in [0.2, 0.25) is 11.8 Å². The van der Waals surface area contributed by atoms with Gasteiger partial charge < -0.3 is 14.2 Å². The molecule has 0 saturated heterocycles. The molecule has 94 valence electrons. The molecule has 1 heterocycles. The summed E-state index contributed by atoms with van der Waals surface area (Å²) in [5.74, 6) is 0.796. The molecule has 17 heavy (non-hydrogen) atoms. The lowest BCUT2D eigenvalue weighted by Gasteiger charge is -2.08. The Morgan fingerprint density at radius 1 is 1.18 bits per heavy atom. The maximum Gasteiger partial charge on any atom is 0.303 e. The normalized spacial score (nSPS) is 9.82. The van der Waals surface area contributed by atoms with E-state index in [1.165, 1.54) is 6.92 Å². The zero-order chi connectivity index (χ0) is 12.7. The average Bonchev–Trinajstić information content (AvgIpc) is 2.27. The van der Waals surface area contributed by atoms with E-state index in [2.05, 4.69) is 9.97 Å². The third-order valence-corrected chi connectivity index (χ3v) is 1.71. The standard InChI is InChI=1S/C11H16N2O4/c1-4-15-10-6-11(16-5-2)13-9(12-10)7-17-8(3)14/h6H,4-5,7H2,1-3H3. The highest BCUT2D eigenvalue weighted by Gasteiger charge is 2.07. The van der Waals surface area contributed by atoms with Crippen molar-refractivity contribution in [3.05, 3.63) is 11.9 Å². The third kappa shape index (κ3) is 4.67. The summed E-state index contributed by atoms with van der Waals surface area (Å²) in [5.41, 5.74) is 0. The van der Waals surface area contributed by atoms with Crippen LogP contribution in [0.2, 0.25) is 0 Å². The van der Waals surface area contributed by atoms with Gasteiger partial charge in [-0.1, -0.05) is 0 Å². The molecular weight excluding hydrogens is 224 g/mol. The summed E-state index contributed by atoms with van der Waals surface area (Å²) >= 11 is 0. The number of carbonyl (C=O) groups is 1. The zero-order valence-corrected chi connectivity index (χ0v) is 10.2. The van der Waals surface area contributed by atoms with Crippen molar-refractivity contribution in [2.45, 2.75) is 27.4 Å². The summed E-state index contributed by atoms with van der Waals surface area (Å²) in [6.07, 6.45) is 0. The molecule has 0 fully saturated rings. The second-order valence-electron chi connectivity index (χ2n) is 3.11. The number of nitrogens with zero attached hydrogens (tertiary/aromatic N) is 2. The summed E-state index contributed by atoms with van der Waals surface area (Å²) in [6, 6.07) is 1.60. The predicted molar refractivity (Wildman–Crippen MR) is 59.8 cm³/mol. The fraction of sp³-hybridized carbons (Fsp3) is 0.545. The van der Waals surface area contributed by atoms with Gasteiger partial charge in [-0.3, -0.25) is 4.79 Å². The first-order valence-electron chi connectivity index (χ1n) is 5.42. The molecule has 0 radical (unpaired) electrons. The molecule has 6 heteroatoms. The van der Waals surface area contributed by atoms with Crippen LogP contribution in [0.3, 0.4) is 0 Å². The minimum Gasteiger partial charge on any atom is -0.478 e. The lowest BCUT2D eigenvalue weighted by molar-refractivity contribution is -0.142. The molecule has 0 bridgehead atoms. The molecule has 0 spiro atoms. The Labute approximate surface area is 99.9 Å². The van der Waals surface area contributed by atoms with E-state index in [0.717, 1.165) is 0 Å². The van der Waals surface area contributed by atoms with Crippen LogP contribution in [0, 0.1) is 0 Å². The van der Waals surface area contributed by atoms with Gasteiger partial charge in [-0.25, -0.2) is 0 Å². The lowest BCUT2D eigenvalue weighted by atomic mass is 10.5. The third-order valence-electron chi connectivity index (χ3n) is 1.71. The van der Waals surface area contributed by atoms with Gasteiger partial charge >= 0.3 is 5.97 Å². The van der Waals surface area contributed by atoms with Crippen molar-refractivity contribution < 1.29 is 19.0 Å². The molecule has 1 aromatic rings. The number of carbonyl (C=O) groups excluding carboxylic acids is 1. The van der Waals surface area contributed by atoms with Gasteiger partial charge in [-0.05, 0) is 13.8 Å². The Bertz CT molecular complexity index is 357. The Balaban J connectivity index is 2.82. The predicted octanol–water partition coefficient (Wildman–Crippen LogP) is 1.34. The minimum absolute atomic E-state index is 0.0102. The Kier molecular flexibility index (Phi) is 5.19. The van der Waals surface area contributed by atoms with Gasteiger partial charge in [0.05, 0.1) is 19.3 Å². The van der Waals surface area contributed by atoms with Crippen LogP contribution in [0.4, 0.5) is 0 Å². The van der Waals surface area contributed by atoms with Gasteiger partial charge in [0.25, 0.3) is 0 Å². The van der Waals surface area contributed by atoms with E-state index in [0.29, 0.717) is 30.8 Å². The van der Waals surface area contributed by atoms with Crippen LogP contribution in [-0.2, 0) is 16.1 Å². The topological polar surface area (TPSA) is 70.5 Å². The van der Waals surface area contributed by atoms with Gasteiger partial charge in [-0.15, -0.1) is 0 Å². The van der Waals surface area contributed by atoms with Crippen LogP contribution < -0.4 is 9.47 Å². The molecule has 0 unspecified atom stereocenters. The van der Waals surface area contributed by atoms with Crippen molar-refractivity contribution in [3.63, 3.8) is 0 Å². The molecule has 0 N–H and O–H groups in total. The van der Waals surface area contributed by atoms with Crippen LogP contribution in [0.15, 0.2) is 6.07 Å². The molecule has 0 aliphatic carbocycles. The van der Waals surface area contributed by atoms with E-state index in [1.807, 2.05) is 13.8 Å². The van der Waals surface area contributed by atoms with Crippen molar-refractivity contribution in [1.29, 1.82) is 0 Å². The lowest BCUT2D eigenvalue weighted by Crippen LogP contribution is -2.07. The van der Waals surface area contributed by atoms with Crippen molar-refractivity contribution in [1.82, 2.24) is 9.97 Å². The molecule has 1 rings (SSSR count). The van der Waals surface area contributed by atoms with E-state index in [1.54, 1.807) is 6.07 Å². The van der Waals surface area contributed by atoms with E-state index in [-0.39, 0.29) is 12.6 Å². The molecule has 0 aromatic carbocycles. The van der Waals surface area contributed by atoms with E-state index in [4.69, 9.17) is 14.2 Å². The van der Waals surface area contributed by atoms with Gasteiger partial charge in [-0.2, -0.15) is 9.97 Å². The first-order valence-corrected chi connectivity index (χ1v) is 5.42. The molecule has 0 saturated carbocycles. The van der Waals surface area contributed by atoms with Gasteiger partial charge in [0.15, 0.2) is 12.4 Å². The number of aromatic nitrogens is 2. The van der Waals surface area contributed by atoms with Crippen LogP contribution in [-0.4, -0.2) is 29.2 Å². The molecule has 0 aliphatic heterocycles. The van der Waals surface area contributed by atoms with Crippen molar-refractivity contribution in [3.8, 4) is 11.8 Å². The summed E-state index contributed by atoms with van der Waals surface area (Å²) < 4.78 is 15.4. The molecule has 6 nitrogen and oxygen atoms in total. The van der Waals surface area contributed by atoms with E-state index >= 15 is 0 Å². The fourth-order valence-corrected chi connectivity index (χ4v) is 1.12. The maximum atomic E-state index is 10.7. The average molecular weight is 240 g/mol. The minimum atomic E-state index is -0.381. The highest BCUT2D eigenvalue weighted by molar-refractivity contribution is 5.65. The SMILES string of the molecule is CCOc1cc(OCC)nc(COC(C)=O)n1. The highest BCUT2D eigenvalue weighted by atomic mass is 16.5. The van der Waals surface area contributed by atoms with Crippen LogP contribution in [0.5, 0.6) is 11.8 Å². The first kappa shape index (κ1) is 13.2. The van der Waals surface area contributed by atoms with Gasteiger partial charge in [0, 0.05) is 6.92 Å².